The van der Waals surface area contributed by atoms with E-state index in [1.807, 2.05) is 52.8 Å². The van der Waals surface area contributed by atoms with Crippen LogP contribution in [0.15, 0.2) is 61.1 Å². The van der Waals surface area contributed by atoms with Crippen molar-refractivity contribution in [3.63, 3.8) is 0 Å². The van der Waals surface area contributed by atoms with Crippen LogP contribution in [0.4, 0.5) is 5.95 Å². The van der Waals surface area contributed by atoms with Crippen molar-refractivity contribution < 1.29 is 4.79 Å². The maximum atomic E-state index is 12.7. The first kappa shape index (κ1) is 19.6. The maximum Gasteiger partial charge on any atom is 0.257 e. The summed E-state index contributed by atoms with van der Waals surface area (Å²) in [6.45, 7) is 6.99. The Morgan fingerprint density at radius 2 is 1.77 bits per heavy atom. The summed E-state index contributed by atoms with van der Waals surface area (Å²) in [5.74, 6) is 0.339. The number of aryl methyl sites for hydroxylation is 3. The monoisotopic (exact) mass is 399 g/mol. The zero-order chi connectivity index (χ0) is 21.3. The number of nitrogens with zero attached hydrogens (tertiary/aromatic N) is 4. The lowest BCUT2D eigenvalue weighted by Gasteiger charge is -2.12. The molecule has 0 aliphatic heterocycles. The van der Waals surface area contributed by atoms with Crippen molar-refractivity contribution in [2.45, 2.75) is 27.3 Å². The second kappa shape index (κ2) is 7.99. The van der Waals surface area contributed by atoms with Gasteiger partial charge in [-0.1, -0.05) is 18.2 Å². The van der Waals surface area contributed by atoms with Gasteiger partial charge in [0.15, 0.2) is 0 Å². The van der Waals surface area contributed by atoms with E-state index in [-0.39, 0.29) is 5.91 Å². The normalized spacial score (nSPS) is 10.9. The SMILES string of the molecule is Cc1cc(C)c(-c2cnc(NC(=O)c3ccc(Cn4cccn4)cc3)n2C)cc1C. The first-order chi connectivity index (χ1) is 14.4. The number of hydrogen-bond donors (Lipinski definition) is 1. The van der Waals surface area contributed by atoms with Crippen molar-refractivity contribution in [1.29, 1.82) is 0 Å². The van der Waals surface area contributed by atoms with Gasteiger partial charge in [-0.2, -0.15) is 5.10 Å². The molecule has 0 bridgehead atoms. The van der Waals surface area contributed by atoms with Gasteiger partial charge < -0.3 is 4.57 Å². The van der Waals surface area contributed by atoms with Crippen LogP contribution < -0.4 is 5.32 Å². The van der Waals surface area contributed by atoms with Crippen LogP contribution >= 0.6 is 0 Å². The lowest BCUT2D eigenvalue weighted by molar-refractivity contribution is 0.102. The smallest absolute Gasteiger partial charge is 0.257 e. The fourth-order valence-corrected chi connectivity index (χ4v) is 3.53. The molecule has 0 saturated heterocycles. The first-order valence-corrected chi connectivity index (χ1v) is 9.90. The van der Waals surface area contributed by atoms with E-state index in [4.69, 9.17) is 0 Å². The van der Waals surface area contributed by atoms with Gasteiger partial charge in [0.1, 0.15) is 0 Å². The first-order valence-electron chi connectivity index (χ1n) is 9.90. The molecule has 2 heterocycles. The Hall–Kier alpha value is -3.67. The van der Waals surface area contributed by atoms with Gasteiger partial charge in [-0.15, -0.1) is 0 Å². The Balaban J connectivity index is 1.51. The highest BCUT2D eigenvalue weighted by atomic mass is 16.1. The second-order valence-electron chi connectivity index (χ2n) is 7.63. The Morgan fingerprint density at radius 3 is 2.47 bits per heavy atom. The average molecular weight is 399 g/mol. The van der Waals surface area contributed by atoms with Crippen LogP contribution in [0.5, 0.6) is 0 Å². The van der Waals surface area contributed by atoms with Gasteiger partial charge in [-0.3, -0.25) is 14.8 Å². The van der Waals surface area contributed by atoms with Gasteiger partial charge >= 0.3 is 0 Å². The Bertz CT molecular complexity index is 1190. The van der Waals surface area contributed by atoms with E-state index in [9.17, 15) is 4.79 Å². The number of aromatic nitrogens is 4. The number of nitrogens with one attached hydrogen (secondary N) is 1. The summed E-state index contributed by atoms with van der Waals surface area (Å²) in [7, 11) is 1.92. The summed E-state index contributed by atoms with van der Waals surface area (Å²) in [5, 5.41) is 7.13. The fraction of sp³-hybridized carbons (Fsp3) is 0.208. The number of imidazole rings is 1. The van der Waals surface area contributed by atoms with E-state index < -0.39 is 0 Å². The number of benzene rings is 2. The molecule has 1 amide bonds. The summed E-state index contributed by atoms with van der Waals surface area (Å²) in [5.41, 5.74) is 7.45. The van der Waals surface area contributed by atoms with Crippen molar-refractivity contribution in [3.05, 3.63) is 88.9 Å². The van der Waals surface area contributed by atoms with Crippen LogP contribution in [0.3, 0.4) is 0 Å². The van der Waals surface area contributed by atoms with Gasteiger partial charge in [-0.25, -0.2) is 4.98 Å². The molecule has 0 fully saturated rings. The minimum Gasteiger partial charge on any atom is -0.313 e. The second-order valence-corrected chi connectivity index (χ2v) is 7.63. The van der Waals surface area contributed by atoms with E-state index in [1.54, 1.807) is 12.4 Å². The molecule has 0 saturated carbocycles. The molecule has 0 aliphatic rings. The standard InChI is InChI=1S/C24H25N5O/c1-16-12-18(3)21(13-17(16)2)22-14-25-24(28(22)4)27-23(30)20-8-6-19(7-9-20)15-29-11-5-10-26-29/h5-14H,15H2,1-4H3,(H,25,27,30). The summed E-state index contributed by atoms with van der Waals surface area (Å²) in [6.07, 6.45) is 5.47. The lowest BCUT2D eigenvalue weighted by atomic mass is 9.99. The average Bonchev–Trinajstić information content (AvgIpc) is 3.36. The summed E-state index contributed by atoms with van der Waals surface area (Å²) in [4.78, 5) is 17.2. The highest BCUT2D eigenvalue weighted by Crippen LogP contribution is 2.28. The van der Waals surface area contributed by atoms with E-state index in [2.05, 4.69) is 48.3 Å². The third kappa shape index (κ3) is 3.89. The molecule has 0 atom stereocenters. The molecule has 2 aromatic carbocycles. The Kier molecular flexibility index (Phi) is 5.23. The molecule has 0 spiro atoms. The molecule has 0 aliphatic carbocycles. The van der Waals surface area contributed by atoms with Crippen molar-refractivity contribution >= 4 is 11.9 Å². The molecular weight excluding hydrogens is 374 g/mol. The molecule has 0 radical (unpaired) electrons. The molecule has 6 heteroatoms. The predicted octanol–water partition coefficient (Wildman–Crippen LogP) is 4.51. The van der Waals surface area contributed by atoms with Crippen LogP contribution in [0.1, 0.15) is 32.6 Å². The Labute approximate surface area is 176 Å². The number of rotatable bonds is 5. The minimum atomic E-state index is -0.183. The zero-order valence-corrected chi connectivity index (χ0v) is 17.7. The highest BCUT2D eigenvalue weighted by Gasteiger charge is 2.15. The summed E-state index contributed by atoms with van der Waals surface area (Å²) in [6, 6.07) is 13.8. The van der Waals surface area contributed by atoms with Crippen LogP contribution in [0, 0.1) is 20.8 Å². The minimum absolute atomic E-state index is 0.183. The van der Waals surface area contributed by atoms with Gasteiger partial charge in [-0.05, 0) is 67.3 Å². The number of hydrogen-bond acceptors (Lipinski definition) is 3. The quantitative estimate of drug-likeness (QED) is 0.537. The molecule has 6 nitrogen and oxygen atoms in total. The maximum absolute atomic E-state index is 12.7. The van der Waals surface area contributed by atoms with Crippen molar-refractivity contribution in [1.82, 2.24) is 19.3 Å². The van der Waals surface area contributed by atoms with Crippen LogP contribution in [0.25, 0.3) is 11.3 Å². The van der Waals surface area contributed by atoms with Gasteiger partial charge in [0.25, 0.3) is 5.91 Å². The number of carbonyl (C=O) groups is 1. The van der Waals surface area contributed by atoms with Crippen molar-refractivity contribution in [3.8, 4) is 11.3 Å². The Morgan fingerprint density at radius 1 is 1.03 bits per heavy atom. The number of anilines is 1. The molecule has 0 unspecified atom stereocenters. The fourth-order valence-electron chi connectivity index (χ4n) is 3.53. The van der Waals surface area contributed by atoms with Crippen LogP contribution in [-0.2, 0) is 13.6 Å². The molecule has 152 valence electrons. The summed E-state index contributed by atoms with van der Waals surface area (Å²) >= 11 is 0. The molecule has 4 rings (SSSR count). The van der Waals surface area contributed by atoms with Gasteiger partial charge in [0.05, 0.1) is 18.4 Å². The van der Waals surface area contributed by atoms with Crippen LogP contribution in [-0.4, -0.2) is 25.2 Å². The molecule has 30 heavy (non-hydrogen) atoms. The van der Waals surface area contributed by atoms with E-state index in [0.717, 1.165) is 16.8 Å². The van der Waals surface area contributed by atoms with E-state index in [1.165, 1.54) is 16.7 Å². The molecule has 4 aromatic rings. The number of amides is 1. The van der Waals surface area contributed by atoms with E-state index in [0.29, 0.717) is 18.1 Å². The van der Waals surface area contributed by atoms with Gasteiger partial charge in [0, 0.05) is 30.6 Å². The topological polar surface area (TPSA) is 64.7 Å². The molecule has 1 N–H and O–H groups in total. The van der Waals surface area contributed by atoms with E-state index >= 15 is 0 Å². The number of carbonyl (C=O) groups excluding carboxylic acids is 1. The lowest BCUT2D eigenvalue weighted by Crippen LogP contribution is -2.15. The van der Waals surface area contributed by atoms with Crippen molar-refractivity contribution in [2.75, 3.05) is 5.32 Å². The zero-order valence-electron chi connectivity index (χ0n) is 17.7. The highest BCUT2D eigenvalue weighted by molar-refractivity contribution is 6.03. The van der Waals surface area contributed by atoms with Gasteiger partial charge in [0.2, 0.25) is 5.95 Å². The molecule has 2 aromatic heterocycles. The third-order valence-corrected chi connectivity index (χ3v) is 5.45. The summed E-state index contributed by atoms with van der Waals surface area (Å²) < 4.78 is 3.76. The third-order valence-electron chi connectivity index (χ3n) is 5.45. The van der Waals surface area contributed by atoms with Crippen LogP contribution in [0.2, 0.25) is 0 Å². The largest absolute Gasteiger partial charge is 0.313 e. The van der Waals surface area contributed by atoms with Crippen molar-refractivity contribution in [2.24, 2.45) is 7.05 Å². The predicted molar refractivity (Wildman–Crippen MR) is 119 cm³/mol. The molecular formula is C24H25N5O.